The Kier molecular flexibility index (Phi) is 3.78. The first-order valence-corrected chi connectivity index (χ1v) is 6.89. The van der Waals surface area contributed by atoms with Crippen LogP contribution in [-0.2, 0) is 5.41 Å². The number of hydrogen-bond donors (Lipinski definition) is 1. The van der Waals surface area contributed by atoms with Gasteiger partial charge in [-0.15, -0.1) is 0 Å². The van der Waals surface area contributed by atoms with Crippen LogP contribution in [0.2, 0.25) is 0 Å². The number of hydrogen-bond acceptors (Lipinski definition) is 3. The van der Waals surface area contributed by atoms with Gasteiger partial charge in [-0.25, -0.2) is 9.78 Å². The van der Waals surface area contributed by atoms with Crippen molar-refractivity contribution in [1.82, 2.24) is 4.98 Å². The summed E-state index contributed by atoms with van der Waals surface area (Å²) in [4.78, 5) is 18.1. The normalized spacial score (nSPS) is 16.5. The highest BCUT2D eigenvalue weighted by atomic mass is 16.4. The molecule has 0 unspecified atom stereocenters. The van der Waals surface area contributed by atoms with E-state index in [4.69, 9.17) is 0 Å². The first-order valence-electron chi connectivity index (χ1n) is 6.89. The highest BCUT2D eigenvalue weighted by Gasteiger charge is 2.21. The fraction of sp³-hybridized carbons (Fsp3) is 0.600. The van der Waals surface area contributed by atoms with E-state index < -0.39 is 5.97 Å². The predicted molar refractivity (Wildman–Crippen MR) is 76.0 cm³/mol. The topological polar surface area (TPSA) is 53.4 Å². The van der Waals surface area contributed by atoms with E-state index in [1.54, 1.807) is 12.1 Å². The van der Waals surface area contributed by atoms with E-state index in [9.17, 15) is 9.90 Å². The molecule has 4 heteroatoms. The molecule has 1 fully saturated rings. The summed E-state index contributed by atoms with van der Waals surface area (Å²) < 4.78 is 0. The molecule has 0 radical (unpaired) electrons. The van der Waals surface area contributed by atoms with Crippen molar-refractivity contribution in [3.05, 3.63) is 23.4 Å². The zero-order valence-electron chi connectivity index (χ0n) is 11.9. The molecule has 1 aromatic heterocycles. The highest BCUT2D eigenvalue weighted by Crippen LogP contribution is 2.26. The van der Waals surface area contributed by atoms with E-state index in [0.29, 0.717) is 5.56 Å². The lowest BCUT2D eigenvalue weighted by Gasteiger charge is -2.29. The molecule has 19 heavy (non-hydrogen) atoms. The van der Waals surface area contributed by atoms with Crippen LogP contribution in [0, 0.1) is 0 Å². The summed E-state index contributed by atoms with van der Waals surface area (Å²) in [5.41, 5.74) is 1.03. The molecule has 0 aliphatic carbocycles. The second-order valence-electron chi connectivity index (χ2n) is 6.20. The third-order valence-corrected chi connectivity index (χ3v) is 3.51. The van der Waals surface area contributed by atoms with Crippen LogP contribution < -0.4 is 4.90 Å². The Bertz CT molecular complexity index is 472. The van der Waals surface area contributed by atoms with Crippen LogP contribution in [0.4, 0.5) is 5.82 Å². The van der Waals surface area contributed by atoms with Crippen molar-refractivity contribution >= 4 is 11.8 Å². The van der Waals surface area contributed by atoms with Gasteiger partial charge in [-0.2, -0.15) is 0 Å². The molecule has 1 aliphatic rings. The van der Waals surface area contributed by atoms with E-state index in [0.717, 1.165) is 37.4 Å². The minimum absolute atomic E-state index is 0.143. The van der Waals surface area contributed by atoms with E-state index in [-0.39, 0.29) is 5.41 Å². The maximum atomic E-state index is 11.3. The average molecular weight is 262 g/mol. The van der Waals surface area contributed by atoms with E-state index >= 15 is 0 Å². The van der Waals surface area contributed by atoms with Gasteiger partial charge in [-0.05, 0) is 31.4 Å². The maximum Gasteiger partial charge on any atom is 0.335 e. The number of anilines is 1. The van der Waals surface area contributed by atoms with Gasteiger partial charge in [0, 0.05) is 24.2 Å². The van der Waals surface area contributed by atoms with Crippen LogP contribution in [0.15, 0.2) is 12.1 Å². The summed E-state index contributed by atoms with van der Waals surface area (Å²) in [5, 5.41) is 9.25. The minimum atomic E-state index is -0.883. The fourth-order valence-electron chi connectivity index (χ4n) is 2.31. The monoisotopic (exact) mass is 262 g/mol. The largest absolute Gasteiger partial charge is 0.478 e. The Morgan fingerprint density at radius 3 is 2.37 bits per heavy atom. The first-order chi connectivity index (χ1) is 8.88. The summed E-state index contributed by atoms with van der Waals surface area (Å²) in [5.74, 6) is -0.0734. The van der Waals surface area contributed by atoms with Gasteiger partial charge in [0.05, 0.1) is 5.56 Å². The number of aromatic nitrogens is 1. The molecule has 1 aliphatic heterocycles. The van der Waals surface area contributed by atoms with Crippen molar-refractivity contribution in [2.24, 2.45) is 0 Å². The second kappa shape index (κ2) is 5.19. The molecular formula is C15H22N2O2. The van der Waals surface area contributed by atoms with Gasteiger partial charge in [0.1, 0.15) is 5.82 Å². The molecule has 1 N–H and O–H groups in total. The number of nitrogens with zero attached hydrogens (tertiary/aromatic N) is 2. The summed E-state index contributed by atoms with van der Waals surface area (Å²) >= 11 is 0. The van der Waals surface area contributed by atoms with E-state index in [1.165, 1.54) is 6.42 Å². The van der Waals surface area contributed by atoms with Gasteiger partial charge in [0.2, 0.25) is 0 Å². The summed E-state index contributed by atoms with van der Waals surface area (Å²) in [6.07, 6.45) is 3.56. The lowest BCUT2D eigenvalue weighted by atomic mass is 9.90. The molecular weight excluding hydrogens is 240 g/mol. The molecule has 0 aromatic carbocycles. The third kappa shape index (κ3) is 3.25. The molecule has 2 rings (SSSR count). The molecule has 4 nitrogen and oxygen atoms in total. The van der Waals surface area contributed by atoms with Gasteiger partial charge in [0.25, 0.3) is 0 Å². The van der Waals surface area contributed by atoms with Crippen LogP contribution in [-0.4, -0.2) is 29.1 Å². The second-order valence-corrected chi connectivity index (χ2v) is 6.20. The Hall–Kier alpha value is -1.58. The molecule has 0 atom stereocenters. The predicted octanol–water partition coefficient (Wildman–Crippen LogP) is 3.07. The lowest BCUT2D eigenvalue weighted by Crippen LogP contribution is -2.31. The molecule has 1 aromatic rings. The lowest BCUT2D eigenvalue weighted by molar-refractivity contribution is 0.0696. The molecule has 0 amide bonds. The highest BCUT2D eigenvalue weighted by molar-refractivity contribution is 5.88. The number of piperidine rings is 1. The summed E-state index contributed by atoms with van der Waals surface area (Å²) in [6.45, 7) is 8.11. The van der Waals surface area contributed by atoms with Gasteiger partial charge >= 0.3 is 5.97 Å². The van der Waals surface area contributed by atoms with Gasteiger partial charge in [-0.1, -0.05) is 20.8 Å². The third-order valence-electron chi connectivity index (χ3n) is 3.51. The van der Waals surface area contributed by atoms with Crippen LogP contribution in [0.1, 0.15) is 56.1 Å². The fourth-order valence-corrected chi connectivity index (χ4v) is 2.31. The van der Waals surface area contributed by atoms with Crippen LogP contribution in [0.5, 0.6) is 0 Å². The zero-order chi connectivity index (χ0) is 14.0. The van der Waals surface area contributed by atoms with Crippen molar-refractivity contribution in [2.75, 3.05) is 18.0 Å². The number of carbonyl (C=O) groups is 1. The molecule has 104 valence electrons. The van der Waals surface area contributed by atoms with E-state index in [2.05, 4.69) is 30.7 Å². The Balaban J connectivity index is 2.41. The van der Waals surface area contributed by atoms with Crippen molar-refractivity contribution in [1.29, 1.82) is 0 Å². The molecule has 0 bridgehead atoms. The standard InChI is InChI=1S/C15H22N2O2/c1-15(2,3)12-9-11(14(18)19)10-13(16-12)17-7-5-4-6-8-17/h9-10H,4-8H2,1-3H3,(H,18,19). The van der Waals surface area contributed by atoms with Crippen molar-refractivity contribution < 1.29 is 9.90 Å². The quantitative estimate of drug-likeness (QED) is 0.890. The van der Waals surface area contributed by atoms with Crippen molar-refractivity contribution in [3.63, 3.8) is 0 Å². The van der Waals surface area contributed by atoms with Crippen LogP contribution >= 0.6 is 0 Å². The van der Waals surface area contributed by atoms with Crippen LogP contribution in [0.3, 0.4) is 0 Å². The zero-order valence-corrected chi connectivity index (χ0v) is 11.9. The Morgan fingerprint density at radius 2 is 1.84 bits per heavy atom. The number of rotatable bonds is 2. The molecule has 0 spiro atoms. The molecule has 2 heterocycles. The van der Waals surface area contributed by atoms with Gasteiger partial charge in [0.15, 0.2) is 0 Å². The summed E-state index contributed by atoms with van der Waals surface area (Å²) in [7, 11) is 0. The van der Waals surface area contributed by atoms with E-state index in [1.807, 2.05) is 0 Å². The smallest absolute Gasteiger partial charge is 0.335 e. The number of pyridine rings is 1. The van der Waals surface area contributed by atoms with Gasteiger partial charge < -0.3 is 10.0 Å². The van der Waals surface area contributed by atoms with Crippen LogP contribution in [0.25, 0.3) is 0 Å². The number of aromatic carboxylic acids is 1. The minimum Gasteiger partial charge on any atom is -0.478 e. The molecule has 0 saturated carbocycles. The van der Waals surface area contributed by atoms with Crippen molar-refractivity contribution in [3.8, 4) is 0 Å². The first kappa shape index (κ1) is 13.8. The number of carboxylic acid groups (broad SMARTS) is 1. The Labute approximate surface area is 114 Å². The van der Waals surface area contributed by atoms with Crippen molar-refractivity contribution in [2.45, 2.75) is 45.4 Å². The SMILES string of the molecule is CC(C)(C)c1cc(C(=O)O)cc(N2CCCCC2)n1. The van der Waals surface area contributed by atoms with Gasteiger partial charge in [-0.3, -0.25) is 0 Å². The average Bonchev–Trinajstić information content (AvgIpc) is 2.38. The Morgan fingerprint density at radius 1 is 1.21 bits per heavy atom. The summed E-state index contributed by atoms with van der Waals surface area (Å²) in [6, 6.07) is 3.39. The molecule has 1 saturated heterocycles. The number of carboxylic acids is 1. The maximum absolute atomic E-state index is 11.3.